The van der Waals surface area contributed by atoms with Crippen molar-refractivity contribution in [3.63, 3.8) is 0 Å². The number of carbonyl (C=O) groups is 1. The van der Waals surface area contributed by atoms with Crippen molar-refractivity contribution in [3.05, 3.63) is 89.9 Å². The molecule has 0 N–H and O–H groups in total. The van der Waals surface area contributed by atoms with Crippen LogP contribution in [0.4, 0.5) is 0 Å². The van der Waals surface area contributed by atoms with Crippen LogP contribution in [0.2, 0.25) is 0 Å². The Bertz CT molecular complexity index is 1170. The molecule has 1 aromatic heterocycles. The summed E-state index contributed by atoms with van der Waals surface area (Å²) in [5.41, 5.74) is 0.954. The number of aryl methyl sites for hydroxylation is 1. The van der Waals surface area contributed by atoms with Crippen molar-refractivity contribution in [1.29, 1.82) is 0 Å². The van der Waals surface area contributed by atoms with Gasteiger partial charge in [0.05, 0.1) is 24.1 Å². The minimum Gasteiger partial charge on any atom is -0.464 e. The van der Waals surface area contributed by atoms with Gasteiger partial charge in [0.2, 0.25) is 15.9 Å². The second-order valence-electron chi connectivity index (χ2n) is 8.49. The molecule has 1 aliphatic rings. The van der Waals surface area contributed by atoms with E-state index in [1.807, 2.05) is 49.4 Å². The van der Waals surface area contributed by atoms with Crippen LogP contribution in [0.15, 0.2) is 82.1 Å². The van der Waals surface area contributed by atoms with Crippen molar-refractivity contribution in [1.82, 2.24) is 9.21 Å². The van der Waals surface area contributed by atoms with E-state index in [4.69, 9.17) is 9.15 Å². The number of furan rings is 1. The molecule has 0 spiro atoms. The first kappa shape index (κ1) is 24.2. The number of amides is 1. The van der Waals surface area contributed by atoms with Crippen LogP contribution in [0, 0.1) is 6.92 Å². The monoisotopic (exact) mass is 482 g/mol. The van der Waals surface area contributed by atoms with E-state index < -0.39 is 10.0 Å². The first-order valence-electron chi connectivity index (χ1n) is 11.5. The minimum absolute atomic E-state index is 0.141. The summed E-state index contributed by atoms with van der Waals surface area (Å²) < 4.78 is 39.6. The van der Waals surface area contributed by atoms with Crippen LogP contribution in [-0.4, -0.2) is 49.3 Å². The fourth-order valence-corrected chi connectivity index (χ4v) is 5.49. The zero-order valence-corrected chi connectivity index (χ0v) is 20.1. The van der Waals surface area contributed by atoms with Crippen LogP contribution in [0.25, 0.3) is 0 Å². The zero-order valence-electron chi connectivity index (χ0n) is 19.3. The molecule has 0 aliphatic carbocycles. The average Bonchev–Trinajstić information content (AvgIpc) is 3.51. The second-order valence-corrected chi connectivity index (χ2v) is 10.4. The number of rotatable bonds is 10. The summed E-state index contributed by atoms with van der Waals surface area (Å²) in [6, 6.07) is 21.6. The Morgan fingerprint density at radius 2 is 1.68 bits per heavy atom. The molecule has 1 amide bonds. The third-order valence-electron chi connectivity index (χ3n) is 5.84. The van der Waals surface area contributed by atoms with Gasteiger partial charge in [0.1, 0.15) is 11.5 Å². The molecule has 1 aliphatic heterocycles. The molecule has 3 aromatic rings. The first-order chi connectivity index (χ1) is 16.4. The van der Waals surface area contributed by atoms with Gasteiger partial charge in [-0.25, -0.2) is 8.42 Å². The standard InChI is InChI=1S/C26H30N2O5S/c1-21-14-15-24(33-21)18-27(17-22-9-4-2-5-10-22)26(29)20-28(19-23-11-8-16-32-23)34(30,31)25-12-6-3-7-13-25/h2-7,9-10,12-15,23H,8,11,16-20H2,1H3. The van der Waals surface area contributed by atoms with Gasteiger partial charge in [0.25, 0.3) is 0 Å². The van der Waals surface area contributed by atoms with Crippen LogP contribution >= 0.6 is 0 Å². The maximum Gasteiger partial charge on any atom is 0.243 e. The number of hydrogen-bond donors (Lipinski definition) is 0. The number of hydrogen-bond acceptors (Lipinski definition) is 5. The Balaban J connectivity index is 1.59. The largest absolute Gasteiger partial charge is 0.464 e. The summed E-state index contributed by atoms with van der Waals surface area (Å²) in [5, 5.41) is 0. The highest BCUT2D eigenvalue weighted by Crippen LogP contribution is 2.21. The maximum absolute atomic E-state index is 13.6. The third kappa shape index (κ3) is 6.14. The van der Waals surface area contributed by atoms with E-state index in [0.29, 0.717) is 18.9 Å². The number of nitrogens with zero attached hydrogens (tertiary/aromatic N) is 2. The molecule has 0 bridgehead atoms. The Labute approximate surface area is 201 Å². The maximum atomic E-state index is 13.6. The van der Waals surface area contributed by atoms with Crippen molar-refractivity contribution in [2.45, 2.75) is 43.9 Å². The number of carbonyl (C=O) groups excluding carboxylic acids is 1. The average molecular weight is 483 g/mol. The molecular weight excluding hydrogens is 452 g/mol. The fourth-order valence-electron chi connectivity index (χ4n) is 4.05. The van der Waals surface area contributed by atoms with E-state index in [1.54, 1.807) is 35.2 Å². The van der Waals surface area contributed by atoms with Crippen LogP contribution in [0.5, 0.6) is 0 Å². The van der Waals surface area contributed by atoms with Gasteiger partial charge < -0.3 is 14.1 Å². The third-order valence-corrected chi connectivity index (χ3v) is 7.66. The van der Waals surface area contributed by atoms with E-state index in [9.17, 15) is 13.2 Å². The molecule has 1 atom stereocenters. The number of benzene rings is 2. The molecule has 180 valence electrons. The van der Waals surface area contributed by atoms with Gasteiger partial charge in [-0.1, -0.05) is 48.5 Å². The number of sulfonamides is 1. The van der Waals surface area contributed by atoms with E-state index in [2.05, 4.69) is 0 Å². The lowest BCUT2D eigenvalue weighted by Gasteiger charge is -2.28. The fraction of sp³-hybridized carbons (Fsp3) is 0.346. The van der Waals surface area contributed by atoms with Crippen molar-refractivity contribution in [3.8, 4) is 0 Å². The summed E-state index contributed by atoms with van der Waals surface area (Å²) in [5.74, 6) is 1.11. The highest BCUT2D eigenvalue weighted by molar-refractivity contribution is 7.89. The van der Waals surface area contributed by atoms with Gasteiger partial charge >= 0.3 is 0 Å². The highest BCUT2D eigenvalue weighted by Gasteiger charge is 2.32. The van der Waals surface area contributed by atoms with Gasteiger partial charge in [0.15, 0.2) is 0 Å². The van der Waals surface area contributed by atoms with Gasteiger partial charge in [-0.05, 0) is 49.6 Å². The van der Waals surface area contributed by atoms with Gasteiger partial charge in [-0.3, -0.25) is 4.79 Å². The first-order valence-corrected chi connectivity index (χ1v) is 12.9. The highest BCUT2D eigenvalue weighted by atomic mass is 32.2. The topological polar surface area (TPSA) is 80.1 Å². The van der Waals surface area contributed by atoms with Crippen LogP contribution in [0.3, 0.4) is 0 Å². The van der Waals surface area contributed by atoms with E-state index in [0.717, 1.165) is 24.2 Å². The molecule has 2 heterocycles. The van der Waals surface area contributed by atoms with Crippen LogP contribution in [-0.2, 0) is 32.6 Å². The molecule has 2 aromatic carbocycles. The molecule has 1 saturated heterocycles. The minimum atomic E-state index is -3.88. The van der Waals surface area contributed by atoms with Gasteiger partial charge in [-0.15, -0.1) is 0 Å². The predicted molar refractivity (Wildman–Crippen MR) is 128 cm³/mol. The van der Waals surface area contributed by atoms with Crippen molar-refractivity contribution >= 4 is 15.9 Å². The molecule has 1 unspecified atom stereocenters. The molecule has 34 heavy (non-hydrogen) atoms. The molecular formula is C26H30N2O5S. The van der Waals surface area contributed by atoms with E-state index in [1.165, 1.54) is 4.31 Å². The van der Waals surface area contributed by atoms with E-state index in [-0.39, 0.29) is 36.5 Å². The molecule has 7 nitrogen and oxygen atoms in total. The van der Waals surface area contributed by atoms with Gasteiger partial charge in [0, 0.05) is 19.7 Å². The quantitative estimate of drug-likeness (QED) is 0.437. The Morgan fingerprint density at radius 3 is 2.29 bits per heavy atom. The summed E-state index contributed by atoms with van der Waals surface area (Å²) in [4.78, 5) is 15.4. The molecule has 0 saturated carbocycles. The predicted octanol–water partition coefficient (Wildman–Crippen LogP) is 3.99. The van der Waals surface area contributed by atoms with Crippen LogP contribution < -0.4 is 0 Å². The molecule has 1 fully saturated rings. The van der Waals surface area contributed by atoms with E-state index >= 15 is 0 Å². The van der Waals surface area contributed by atoms with Crippen molar-refractivity contribution in [2.24, 2.45) is 0 Å². The molecule has 0 radical (unpaired) electrons. The van der Waals surface area contributed by atoms with Gasteiger partial charge in [-0.2, -0.15) is 4.31 Å². The summed E-state index contributed by atoms with van der Waals surface area (Å²) >= 11 is 0. The Hall–Kier alpha value is -2.94. The lowest BCUT2D eigenvalue weighted by molar-refractivity contribution is -0.133. The normalized spacial score (nSPS) is 16.1. The zero-order chi connectivity index (χ0) is 24.0. The molecule has 8 heteroatoms. The van der Waals surface area contributed by atoms with Crippen LogP contribution in [0.1, 0.15) is 29.9 Å². The molecule has 4 rings (SSSR count). The second kappa shape index (κ2) is 11.0. The summed E-state index contributed by atoms with van der Waals surface area (Å²) in [7, 11) is -3.88. The SMILES string of the molecule is Cc1ccc(CN(Cc2ccccc2)C(=O)CN(CC2CCCO2)S(=O)(=O)c2ccccc2)o1. The van der Waals surface area contributed by atoms with Crippen molar-refractivity contribution < 1.29 is 22.4 Å². The summed E-state index contributed by atoms with van der Waals surface area (Å²) in [6.07, 6.45) is 1.44. The smallest absolute Gasteiger partial charge is 0.243 e. The Kier molecular flexibility index (Phi) is 7.82. The summed E-state index contributed by atoms with van der Waals surface area (Å²) in [6.45, 7) is 2.92. The lowest BCUT2D eigenvalue weighted by atomic mass is 10.2. The lowest BCUT2D eigenvalue weighted by Crippen LogP contribution is -2.45. The number of ether oxygens (including phenoxy) is 1. The Morgan fingerprint density at radius 1 is 0.971 bits per heavy atom. The van der Waals surface area contributed by atoms with Crippen molar-refractivity contribution in [2.75, 3.05) is 19.7 Å².